The molecule has 0 aliphatic carbocycles. The summed E-state index contributed by atoms with van der Waals surface area (Å²) in [7, 11) is -4.35. The van der Waals surface area contributed by atoms with Crippen LogP contribution in [0.3, 0.4) is 0 Å². The van der Waals surface area contributed by atoms with Gasteiger partial charge in [-0.1, -0.05) is 30.8 Å². The number of aromatic nitrogens is 2. The zero-order valence-corrected chi connectivity index (χ0v) is 33.7. The number of amides is 2. The molecule has 2 aromatic heterocycles. The molecule has 3 N–H and O–H groups in total. The average Bonchev–Trinajstić information content (AvgIpc) is 3.93. The number of alkyl halides is 1. The molecule has 7 heterocycles. The van der Waals surface area contributed by atoms with Crippen molar-refractivity contribution in [1.29, 1.82) is 0 Å². The highest BCUT2D eigenvalue weighted by Gasteiger charge is 2.51. The van der Waals surface area contributed by atoms with Crippen molar-refractivity contribution in [1.82, 2.24) is 29.4 Å². The Morgan fingerprint density at radius 2 is 1.77 bits per heavy atom. The van der Waals surface area contributed by atoms with E-state index >= 15 is 8.78 Å². The Kier molecular flexibility index (Phi) is 9.34. The van der Waals surface area contributed by atoms with Crippen LogP contribution in [0.15, 0.2) is 85.3 Å². The third-order valence-electron chi connectivity index (χ3n) is 12.6. The SMILES string of the molecule is C=C1CCC(N2Cc3cc(CN4CC5(C4)CN(c4ccc(-c6cnc7[nH]cc(C(=O)c8c(F)ccc(NS(=O)(=O)N9CC[C@@H](F)C9)c8F)c7c6)cc4)C5)ccc3C2=O)C(=O)N1. The summed E-state index contributed by atoms with van der Waals surface area (Å²) < 4.78 is 73.0. The van der Waals surface area contributed by atoms with E-state index in [9.17, 15) is 27.2 Å². The molecule has 4 saturated heterocycles. The normalized spacial score (nSPS) is 21.5. The first-order chi connectivity index (χ1) is 29.2. The second-order valence-corrected chi connectivity index (χ2v) is 18.6. The van der Waals surface area contributed by atoms with Crippen molar-refractivity contribution in [2.45, 2.75) is 44.6 Å². The number of carbonyl (C=O) groups excluding carboxylic acids is 3. The lowest BCUT2D eigenvalue weighted by Gasteiger charge is -2.61. The average molecular weight is 851 g/mol. The molecule has 5 aliphatic heterocycles. The van der Waals surface area contributed by atoms with E-state index in [0.29, 0.717) is 47.2 Å². The van der Waals surface area contributed by atoms with Gasteiger partial charge >= 0.3 is 10.2 Å². The van der Waals surface area contributed by atoms with E-state index in [1.54, 1.807) is 17.2 Å². The highest BCUT2D eigenvalue weighted by atomic mass is 32.2. The monoisotopic (exact) mass is 850 g/mol. The standard InChI is InChI=1S/C44H41F3N8O5S/c1-25-2-11-37(42(57)50-25)55-19-29-14-26(3-8-32(29)43(55)58)18-52-21-44(22-52)23-53(24-44)31-6-4-27(5-7-31)28-15-33-34(17-49-41(33)48-16-28)40(56)38-35(46)9-10-36(39(38)47)51-61(59,60)54-13-12-30(45)20-54/h3-10,14-17,30,37,51H,1-2,11-13,18-24H2,(H,48,49)(H,50,57)/t30-,37?/m1/s1. The van der Waals surface area contributed by atoms with Crippen LogP contribution in [0.4, 0.5) is 24.5 Å². The van der Waals surface area contributed by atoms with Crippen LogP contribution in [0, 0.1) is 17.0 Å². The number of benzene rings is 3. The Hall–Kier alpha value is -6.04. The maximum Gasteiger partial charge on any atom is 0.301 e. The van der Waals surface area contributed by atoms with Crippen LogP contribution < -0.4 is 14.9 Å². The van der Waals surface area contributed by atoms with Crippen LogP contribution in [0.25, 0.3) is 22.2 Å². The number of ketones is 1. The fourth-order valence-electron chi connectivity index (χ4n) is 9.52. The smallest absolute Gasteiger partial charge is 0.301 e. The molecule has 4 fully saturated rings. The number of allylic oxidation sites excluding steroid dienone is 1. The van der Waals surface area contributed by atoms with E-state index in [0.717, 1.165) is 71.5 Å². The number of likely N-dealkylation sites (tertiary alicyclic amines) is 1. The van der Waals surface area contributed by atoms with Crippen molar-refractivity contribution < 1.29 is 36.0 Å². The van der Waals surface area contributed by atoms with Crippen LogP contribution in [0.2, 0.25) is 0 Å². The number of H-pyrrole nitrogens is 1. The molecule has 17 heteroatoms. The molecular weight excluding hydrogens is 810 g/mol. The number of hydrogen-bond donors (Lipinski definition) is 3. The maximum absolute atomic E-state index is 15.7. The second kappa shape index (κ2) is 14.6. The van der Waals surface area contributed by atoms with Gasteiger partial charge in [0.25, 0.3) is 5.91 Å². The summed E-state index contributed by atoms with van der Waals surface area (Å²) in [5.74, 6) is -3.82. The fourth-order valence-corrected chi connectivity index (χ4v) is 10.8. The maximum atomic E-state index is 15.7. The molecule has 2 atom stereocenters. The van der Waals surface area contributed by atoms with Gasteiger partial charge in [-0.2, -0.15) is 12.7 Å². The number of aromatic amines is 1. The summed E-state index contributed by atoms with van der Waals surface area (Å²) in [5.41, 5.74) is 4.95. The Balaban J connectivity index is 0.768. The number of piperidine rings is 1. The Morgan fingerprint density at radius 3 is 2.51 bits per heavy atom. The number of nitrogens with zero attached hydrogens (tertiary/aromatic N) is 5. The highest BCUT2D eigenvalue weighted by molar-refractivity contribution is 7.90. The molecule has 61 heavy (non-hydrogen) atoms. The minimum Gasteiger partial charge on any atom is -0.370 e. The molecule has 0 radical (unpaired) electrons. The summed E-state index contributed by atoms with van der Waals surface area (Å²) >= 11 is 0. The number of anilines is 2. The highest BCUT2D eigenvalue weighted by Crippen LogP contribution is 2.43. The molecule has 1 unspecified atom stereocenters. The Morgan fingerprint density at radius 1 is 0.984 bits per heavy atom. The molecule has 10 rings (SSSR count). The largest absolute Gasteiger partial charge is 0.370 e. The summed E-state index contributed by atoms with van der Waals surface area (Å²) in [6.45, 7) is 8.34. The number of hydrogen-bond acceptors (Lipinski definition) is 8. The quantitative estimate of drug-likeness (QED) is 0.156. The van der Waals surface area contributed by atoms with Gasteiger partial charge in [-0.3, -0.25) is 24.0 Å². The van der Waals surface area contributed by atoms with Crippen molar-refractivity contribution in [3.63, 3.8) is 0 Å². The zero-order chi connectivity index (χ0) is 42.4. The van der Waals surface area contributed by atoms with Gasteiger partial charge in [-0.15, -0.1) is 0 Å². The van der Waals surface area contributed by atoms with Crippen molar-refractivity contribution in [3.05, 3.63) is 125 Å². The van der Waals surface area contributed by atoms with Gasteiger partial charge in [0, 0.05) is 104 Å². The summed E-state index contributed by atoms with van der Waals surface area (Å²) in [4.78, 5) is 53.2. The van der Waals surface area contributed by atoms with Crippen LogP contribution in [-0.2, 0) is 28.1 Å². The minimum atomic E-state index is -4.35. The summed E-state index contributed by atoms with van der Waals surface area (Å²) in [6.07, 6.45) is 2.85. The van der Waals surface area contributed by atoms with Crippen LogP contribution in [0.5, 0.6) is 0 Å². The van der Waals surface area contributed by atoms with Crippen LogP contribution >= 0.6 is 0 Å². The first kappa shape index (κ1) is 39.1. The molecule has 1 spiro atoms. The van der Waals surface area contributed by atoms with Crippen molar-refractivity contribution in [2.24, 2.45) is 5.41 Å². The molecule has 3 aromatic carbocycles. The predicted molar refractivity (Wildman–Crippen MR) is 221 cm³/mol. The predicted octanol–water partition coefficient (Wildman–Crippen LogP) is 5.51. The van der Waals surface area contributed by atoms with E-state index < -0.39 is 51.1 Å². The second-order valence-electron chi connectivity index (χ2n) is 16.9. The van der Waals surface area contributed by atoms with Gasteiger partial charge in [-0.25, -0.2) is 18.2 Å². The molecule has 0 bridgehead atoms. The third-order valence-corrected chi connectivity index (χ3v) is 14.1. The van der Waals surface area contributed by atoms with E-state index in [4.69, 9.17) is 0 Å². The molecule has 13 nitrogen and oxygen atoms in total. The topological polar surface area (TPSA) is 151 Å². The summed E-state index contributed by atoms with van der Waals surface area (Å²) in [5, 5.41) is 3.12. The molecular formula is C44H41F3N8O5S. The number of fused-ring (bicyclic) bond motifs is 2. The van der Waals surface area contributed by atoms with Gasteiger partial charge in [0.1, 0.15) is 23.7 Å². The van der Waals surface area contributed by atoms with Gasteiger partial charge in [0.15, 0.2) is 5.82 Å². The van der Waals surface area contributed by atoms with E-state index in [-0.39, 0.29) is 42.3 Å². The van der Waals surface area contributed by atoms with Gasteiger partial charge in [0.2, 0.25) is 11.7 Å². The van der Waals surface area contributed by atoms with Crippen molar-refractivity contribution in [2.75, 3.05) is 48.9 Å². The Bertz CT molecular complexity index is 2780. The van der Waals surface area contributed by atoms with E-state index in [1.807, 2.05) is 41.1 Å². The zero-order valence-electron chi connectivity index (χ0n) is 32.9. The van der Waals surface area contributed by atoms with Gasteiger partial charge in [0.05, 0.1) is 11.3 Å². The van der Waals surface area contributed by atoms with Gasteiger partial charge in [-0.05, 0) is 72.4 Å². The van der Waals surface area contributed by atoms with Gasteiger partial charge < -0.3 is 20.1 Å². The first-order valence-corrected chi connectivity index (χ1v) is 21.6. The van der Waals surface area contributed by atoms with Crippen LogP contribution in [0.1, 0.15) is 56.7 Å². The van der Waals surface area contributed by atoms with Crippen molar-refractivity contribution >= 4 is 50.2 Å². The number of carbonyl (C=O) groups is 3. The molecule has 5 aromatic rings. The minimum absolute atomic E-state index is 0.00434. The third kappa shape index (κ3) is 6.93. The fraction of sp³-hybridized carbons (Fsp3) is 0.318. The number of halogens is 3. The van der Waals surface area contributed by atoms with Crippen LogP contribution in [-0.4, -0.2) is 102 Å². The summed E-state index contributed by atoms with van der Waals surface area (Å²) in [6, 6.07) is 16.9. The lowest BCUT2D eigenvalue weighted by Crippen LogP contribution is -2.71. The number of pyridine rings is 1. The molecule has 314 valence electrons. The van der Waals surface area contributed by atoms with E-state index in [2.05, 4.69) is 37.7 Å². The number of nitrogens with one attached hydrogen (secondary N) is 3. The Labute approximate surface area is 349 Å². The lowest BCUT2D eigenvalue weighted by atomic mass is 9.72. The first-order valence-electron chi connectivity index (χ1n) is 20.2. The van der Waals surface area contributed by atoms with E-state index in [1.165, 1.54) is 6.20 Å². The molecule has 5 aliphatic rings. The number of rotatable bonds is 10. The molecule has 0 saturated carbocycles. The van der Waals surface area contributed by atoms with Crippen molar-refractivity contribution in [3.8, 4) is 11.1 Å². The lowest BCUT2D eigenvalue weighted by molar-refractivity contribution is -0.126. The molecule has 2 amide bonds.